The second-order valence-corrected chi connectivity index (χ2v) is 12.1. The summed E-state index contributed by atoms with van der Waals surface area (Å²) < 4.78 is 28.8. The lowest BCUT2D eigenvalue weighted by atomic mass is 10.1. The fourth-order valence-electron chi connectivity index (χ4n) is 3.92. The van der Waals surface area contributed by atoms with Crippen LogP contribution in [0, 0.1) is 6.92 Å². The molecular formula is C28H30Cl3N3O4S. The molecule has 0 spiro atoms. The number of aryl methyl sites for hydroxylation is 1. The fraction of sp³-hybridized carbons (Fsp3) is 0.286. The van der Waals surface area contributed by atoms with Crippen LogP contribution in [0.1, 0.15) is 31.4 Å². The first-order chi connectivity index (χ1) is 18.5. The number of nitrogens with one attached hydrogen (secondary N) is 1. The Hall–Kier alpha value is -2.78. The van der Waals surface area contributed by atoms with Crippen molar-refractivity contribution in [2.75, 3.05) is 17.4 Å². The van der Waals surface area contributed by atoms with Crippen LogP contribution in [-0.4, -0.2) is 44.3 Å². The molecule has 0 heterocycles. The topological polar surface area (TPSA) is 86.8 Å². The van der Waals surface area contributed by atoms with Crippen molar-refractivity contribution in [2.45, 2.75) is 44.7 Å². The summed E-state index contributed by atoms with van der Waals surface area (Å²) in [6.07, 6.45) is 0.711. The highest BCUT2D eigenvalue weighted by atomic mass is 35.5. The van der Waals surface area contributed by atoms with Crippen LogP contribution in [0.5, 0.6) is 0 Å². The Morgan fingerprint density at radius 2 is 1.54 bits per heavy atom. The standard InChI is InChI=1S/C28H30Cl3N3O4S/c1-4-16-32-28(36)20(3)33(17-23-24(30)9-7-10-25(23)31)27(35)18-34(26-11-6-5-8-19(26)2)39(37,38)22-14-12-21(29)13-15-22/h5-15,20H,4,16-18H2,1-3H3,(H,32,36)/t20-/m1/s1. The summed E-state index contributed by atoms with van der Waals surface area (Å²) in [5, 5.41) is 3.82. The van der Waals surface area contributed by atoms with E-state index < -0.39 is 28.5 Å². The third-order valence-electron chi connectivity index (χ3n) is 6.17. The van der Waals surface area contributed by atoms with Gasteiger partial charge in [-0.15, -0.1) is 0 Å². The van der Waals surface area contributed by atoms with E-state index in [-0.39, 0.29) is 17.3 Å². The number of carbonyl (C=O) groups excluding carboxylic acids is 2. The van der Waals surface area contributed by atoms with Crippen LogP contribution in [0.3, 0.4) is 0 Å². The molecule has 0 bridgehead atoms. The van der Waals surface area contributed by atoms with E-state index >= 15 is 0 Å². The van der Waals surface area contributed by atoms with Crippen molar-refractivity contribution >= 4 is 62.3 Å². The van der Waals surface area contributed by atoms with Crippen LogP contribution in [0.25, 0.3) is 0 Å². The monoisotopic (exact) mass is 609 g/mol. The van der Waals surface area contributed by atoms with E-state index in [2.05, 4.69) is 5.32 Å². The maximum absolute atomic E-state index is 13.9. The van der Waals surface area contributed by atoms with E-state index in [1.54, 1.807) is 56.3 Å². The number of rotatable bonds is 11. The number of halogens is 3. The molecule has 3 aromatic carbocycles. The summed E-state index contributed by atoms with van der Waals surface area (Å²) in [5.41, 5.74) is 1.43. The lowest BCUT2D eigenvalue weighted by Crippen LogP contribution is -2.51. The summed E-state index contributed by atoms with van der Waals surface area (Å²) in [6, 6.07) is 16.6. The van der Waals surface area contributed by atoms with Crippen LogP contribution >= 0.6 is 34.8 Å². The number of sulfonamides is 1. The number of benzene rings is 3. The van der Waals surface area contributed by atoms with Gasteiger partial charge in [0.25, 0.3) is 10.0 Å². The van der Waals surface area contributed by atoms with Gasteiger partial charge in [-0.25, -0.2) is 8.42 Å². The van der Waals surface area contributed by atoms with Crippen molar-refractivity contribution in [3.63, 3.8) is 0 Å². The number of carbonyl (C=O) groups is 2. The molecule has 0 aromatic heterocycles. The number of anilines is 1. The Morgan fingerprint density at radius 3 is 2.13 bits per heavy atom. The van der Waals surface area contributed by atoms with E-state index in [0.29, 0.717) is 44.8 Å². The molecule has 11 heteroatoms. The molecule has 0 unspecified atom stereocenters. The molecule has 7 nitrogen and oxygen atoms in total. The summed E-state index contributed by atoms with van der Waals surface area (Å²) in [4.78, 5) is 28.2. The molecule has 0 saturated carbocycles. The minimum absolute atomic E-state index is 0.0302. The van der Waals surface area contributed by atoms with Gasteiger partial charge in [-0.2, -0.15) is 0 Å². The first-order valence-electron chi connectivity index (χ1n) is 12.3. The predicted molar refractivity (Wildman–Crippen MR) is 157 cm³/mol. The maximum atomic E-state index is 13.9. The van der Waals surface area contributed by atoms with Gasteiger partial charge >= 0.3 is 0 Å². The van der Waals surface area contributed by atoms with E-state index in [1.165, 1.54) is 29.2 Å². The van der Waals surface area contributed by atoms with Gasteiger partial charge in [0.2, 0.25) is 11.8 Å². The molecule has 2 amide bonds. The number of nitrogens with zero attached hydrogens (tertiary/aromatic N) is 2. The first-order valence-corrected chi connectivity index (χ1v) is 14.9. The highest BCUT2D eigenvalue weighted by molar-refractivity contribution is 7.92. The summed E-state index contributed by atoms with van der Waals surface area (Å²) in [6.45, 7) is 5.02. The van der Waals surface area contributed by atoms with Gasteiger partial charge in [0.05, 0.1) is 10.6 Å². The van der Waals surface area contributed by atoms with Gasteiger partial charge in [-0.3, -0.25) is 13.9 Å². The second-order valence-electron chi connectivity index (χ2n) is 8.94. The first kappa shape index (κ1) is 30.8. The largest absolute Gasteiger partial charge is 0.354 e. The van der Waals surface area contributed by atoms with Crippen LogP contribution in [0.2, 0.25) is 15.1 Å². The third kappa shape index (κ3) is 7.45. The van der Waals surface area contributed by atoms with E-state index in [9.17, 15) is 18.0 Å². The second kappa shape index (κ2) is 13.5. The van der Waals surface area contributed by atoms with Crippen molar-refractivity contribution in [1.82, 2.24) is 10.2 Å². The van der Waals surface area contributed by atoms with Crippen molar-refractivity contribution in [3.8, 4) is 0 Å². The molecule has 1 N–H and O–H groups in total. The number of para-hydroxylation sites is 1. The lowest BCUT2D eigenvalue weighted by molar-refractivity contribution is -0.139. The van der Waals surface area contributed by atoms with Crippen LogP contribution in [0.15, 0.2) is 71.6 Å². The van der Waals surface area contributed by atoms with E-state index in [1.807, 2.05) is 6.92 Å². The van der Waals surface area contributed by atoms with Gasteiger partial charge < -0.3 is 10.2 Å². The molecule has 0 aliphatic heterocycles. The zero-order chi connectivity index (χ0) is 28.7. The van der Waals surface area contributed by atoms with Gasteiger partial charge in [0.15, 0.2) is 0 Å². The molecule has 0 radical (unpaired) electrons. The molecule has 208 valence electrons. The Morgan fingerprint density at radius 1 is 0.923 bits per heavy atom. The quantitative estimate of drug-likeness (QED) is 0.285. The van der Waals surface area contributed by atoms with Crippen molar-refractivity contribution in [2.24, 2.45) is 0 Å². The predicted octanol–water partition coefficient (Wildman–Crippen LogP) is 6.09. The molecule has 0 aliphatic carbocycles. The lowest BCUT2D eigenvalue weighted by Gasteiger charge is -2.32. The van der Waals surface area contributed by atoms with Crippen LogP contribution < -0.4 is 9.62 Å². The highest BCUT2D eigenvalue weighted by Crippen LogP contribution is 2.30. The normalized spacial score (nSPS) is 12.1. The molecule has 0 fully saturated rings. The zero-order valence-corrected chi connectivity index (χ0v) is 24.9. The zero-order valence-electron chi connectivity index (χ0n) is 21.8. The van der Waals surface area contributed by atoms with E-state index in [0.717, 1.165) is 4.31 Å². The number of hydrogen-bond acceptors (Lipinski definition) is 4. The van der Waals surface area contributed by atoms with Crippen molar-refractivity contribution in [3.05, 3.63) is 92.9 Å². The highest BCUT2D eigenvalue weighted by Gasteiger charge is 2.33. The number of amides is 2. The Balaban J connectivity index is 2.07. The molecule has 39 heavy (non-hydrogen) atoms. The van der Waals surface area contributed by atoms with Gasteiger partial charge in [-0.05, 0) is 68.3 Å². The smallest absolute Gasteiger partial charge is 0.264 e. The van der Waals surface area contributed by atoms with Crippen molar-refractivity contribution in [1.29, 1.82) is 0 Å². The summed E-state index contributed by atoms with van der Waals surface area (Å²) in [5.74, 6) is -0.984. The fourth-order valence-corrected chi connectivity index (χ4v) is 6.04. The van der Waals surface area contributed by atoms with Gasteiger partial charge in [0.1, 0.15) is 12.6 Å². The molecule has 3 aromatic rings. The van der Waals surface area contributed by atoms with E-state index in [4.69, 9.17) is 34.8 Å². The molecule has 0 aliphatic rings. The maximum Gasteiger partial charge on any atom is 0.264 e. The minimum Gasteiger partial charge on any atom is -0.354 e. The van der Waals surface area contributed by atoms with Gasteiger partial charge in [0, 0.05) is 33.7 Å². The molecule has 0 saturated heterocycles. The summed E-state index contributed by atoms with van der Waals surface area (Å²) in [7, 11) is -4.20. The Bertz CT molecular complexity index is 1410. The molecule has 3 rings (SSSR count). The van der Waals surface area contributed by atoms with Crippen LogP contribution in [-0.2, 0) is 26.2 Å². The Kier molecular flexibility index (Phi) is 10.7. The summed E-state index contributed by atoms with van der Waals surface area (Å²) >= 11 is 18.8. The molecule has 1 atom stereocenters. The van der Waals surface area contributed by atoms with Crippen LogP contribution in [0.4, 0.5) is 5.69 Å². The molecular weight excluding hydrogens is 581 g/mol. The minimum atomic E-state index is -4.20. The number of hydrogen-bond donors (Lipinski definition) is 1. The van der Waals surface area contributed by atoms with Gasteiger partial charge in [-0.1, -0.05) is 66.0 Å². The SMILES string of the molecule is CCCNC(=O)[C@@H](C)N(Cc1c(Cl)cccc1Cl)C(=O)CN(c1ccccc1C)S(=O)(=O)c1ccc(Cl)cc1. The van der Waals surface area contributed by atoms with Crippen molar-refractivity contribution < 1.29 is 18.0 Å². The average molecular weight is 611 g/mol. The third-order valence-corrected chi connectivity index (χ3v) is 8.91. The average Bonchev–Trinajstić information content (AvgIpc) is 2.90. The Labute approximate surface area is 244 Å².